The minimum atomic E-state index is -4.56. The lowest BCUT2D eigenvalue weighted by atomic mass is 9.64. The van der Waals surface area contributed by atoms with Crippen molar-refractivity contribution in [2.75, 3.05) is 19.7 Å². The van der Waals surface area contributed by atoms with Gasteiger partial charge in [0.05, 0.1) is 33.9 Å². The van der Waals surface area contributed by atoms with Crippen LogP contribution >= 0.6 is 0 Å². The van der Waals surface area contributed by atoms with Gasteiger partial charge in [-0.05, 0) is 75.6 Å². The third-order valence-electron chi connectivity index (χ3n) is 11.9. The Bertz CT molecular complexity index is 2210. The molecule has 20 nitrogen and oxygen atoms in total. The number of piperidine rings is 1. The molecule has 21 heteroatoms. The number of rotatable bonds is 17. The number of ketones is 1. The van der Waals surface area contributed by atoms with Gasteiger partial charge < -0.3 is 46.4 Å². The van der Waals surface area contributed by atoms with Gasteiger partial charge in [0.25, 0.3) is 0 Å². The fourth-order valence-corrected chi connectivity index (χ4v) is 10.5. The van der Waals surface area contributed by atoms with Gasteiger partial charge in [0.15, 0.2) is 18.0 Å². The zero-order valence-corrected chi connectivity index (χ0v) is 38.3. The van der Waals surface area contributed by atoms with Crippen LogP contribution in [0.5, 0.6) is 0 Å². The van der Waals surface area contributed by atoms with Gasteiger partial charge in [0, 0.05) is 47.2 Å². The first-order chi connectivity index (χ1) is 29.8. The van der Waals surface area contributed by atoms with E-state index >= 15 is 4.79 Å². The van der Waals surface area contributed by atoms with Crippen molar-refractivity contribution >= 4 is 57.3 Å². The number of esters is 3. The highest BCUT2D eigenvalue weighted by molar-refractivity contribution is 7.89. The van der Waals surface area contributed by atoms with E-state index in [4.69, 9.17) is 41.6 Å². The van der Waals surface area contributed by atoms with Gasteiger partial charge in [-0.1, -0.05) is 30.4 Å². The molecule has 2 aliphatic heterocycles. The minimum absolute atomic E-state index is 0.106. The van der Waals surface area contributed by atoms with Crippen LogP contribution in [0.1, 0.15) is 82.1 Å². The number of amidine groups is 1. The van der Waals surface area contributed by atoms with E-state index in [9.17, 15) is 37.2 Å². The highest BCUT2D eigenvalue weighted by Gasteiger charge is 2.58. The number of Topliss-reactive ketones (excluding diaryl/α,β-unsaturated/α-hetero) is 1. The van der Waals surface area contributed by atoms with Crippen molar-refractivity contribution in [2.24, 2.45) is 28.0 Å². The molecule has 64 heavy (non-hydrogen) atoms. The summed E-state index contributed by atoms with van der Waals surface area (Å²) in [4.78, 5) is 93.1. The highest BCUT2D eigenvalue weighted by Crippen LogP contribution is 2.45. The number of aryl methyl sites for hydroxylation is 2. The SMILES string of the molecule is CC(=O)N[C@@H]1[C@@H](OC(C)=O)[C@H](OC(C)=O)[C@@H](COC(C)=O)O[C@H]1C1(C(=N)N)C=CC(C[C@@H](N)C(=O)N2CCCCC2)(C(=O)[C@H](CC(N)=O)NS(=O)(=O)c2c(C)cc(C)c(C)c2C)C=C1. The van der Waals surface area contributed by atoms with Gasteiger partial charge in [0.1, 0.15) is 24.7 Å². The molecule has 1 aliphatic carbocycles. The number of nitrogens with one attached hydrogen (secondary N) is 3. The Labute approximate surface area is 372 Å². The summed E-state index contributed by atoms with van der Waals surface area (Å²) in [5.41, 5.74) is 17.0. The van der Waals surface area contributed by atoms with Crippen LogP contribution in [0.4, 0.5) is 0 Å². The van der Waals surface area contributed by atoms with E-state index in [2.05, 4.69) is 10.0 Å². The Balaban J connectivity index is 1.94. The number of sulfonamides is 1. The number of amides is 3. The molecule has 0 saturated carbocycles. The lowest BCUT2D eigenvalue weighted by molar-refractivity contribution is -0.230. The van der Waals surface area contributed by atoms with Crippen molar-refractivity contribution in [3.05, 3.63) is 52.6 Å². The maximum atomic E-state index is 15.2. The fourth-order valence-electron chi connectivity index (χ4n) is 8.78. The van der Waals surface area contributed by atoms with E-state index in [1.54, 1.807) is 31.7 Å². The van der Waals surface area contributed by atoms with Crippen molar-refractivity contribution in [2.45, 2.75) is 135 Å². The molecule has 9 N–H and O–H groups in total. The van der Waals surface area contributed by atoms with Crippen LogP contribution < -0.4 is 27.2 Å². The summed E-state index contributed by atoms with van der Waals surface area (Å²) >= 11 is 0. The number of nitrogens with zero attached hydrogens (tertiary/aromatic N) is 1. The molecule has 0 spiro atoms. The van der Waals surface area contributed by atoms with E-state index in [0.29, 0.717) is 29.8 Å². The van der Waals surface area contributed by atoms with Crippen molar-refractivity contribution in [1.82, 2.24) is 14.9 Å². The second-order valence-corrected chi connectivity index (χ2v) is 18.5. The third kappa shape index (κ3) is 11.4. The molecule has 352 valence electrons. The second kappa shape index (κ2) is 20.5. The highest BCUT2D eigenvalue weighted by atomic mass is 32.2. The Morgan fingerprint density at radius 2 is 1.44 bits per heavy atom. The number of hydrogen-bond acceptors (Lipinski definition) is 15. The van der Waals surface area contributed by atoms with Gasteiger partial charge in [-0.3, -0.25) is 39.0 Å². The summed E-state index contributed by atoms with van der Waals surface area (Å²) in [6, 6.07) is -2.97. The molecule has 0 radical (unpaired) electrons. The van der Waals surface area contributed by atoms with Crippen LogP contribution in [0.2, 0.25) is 0 Å². The number of allylic oxidation sites excluding steroid dienone is 2. The Morgan fingerprint density at radius 1 is 0.859 bits per heavy atom. The Hall–Kier alpha value is -5.51. The van der Waals surface area contributed by atoms with Gasteiger partial charge in [-0.15, -0.1) is 0 Å². The molecule has 4 rings (SSSR count). The molecule has 2 heterocycles. The van der Waals surface area contributed by atoms with E-state index < -0.39 is 130 Å². The third-order valence-corrected chi connectivity index (χ3v) is 13.7. The van der Waals surface area contributed by atoms with Crippen molar-refractivity contribution < 1.29 is 60.9 Å². The quantitative estimate of drug-likeness (QED) is 0.0407. The molecule has 2 saturated heterocycles. The van der Waals surface area contributed by atoms with E-state index in [1.165, 1.54) is 24.3 Å². The summed E-state index contributed by atoms with van der Waals surface area (Å²) in [5.74, 6) is -6.26. The first kappa shape index (κ1) is 51.1. The number of carbonyl (C=O) groups excluding carboxylic acids is 7. The standard InChI is InChI=1S/C43H61N7O13S/c1-22-18-23(2)37(25(4)24(22)3)64(58,59)49-31(19-33(45)55)38(56)42(20-30(44)40(57)50-16-10-9-11-17-50)12-14-43(15-13-42,41(46)47)39-34(48-26(5)51)36(62-29(8)54)35(61-28(7)53)32(63-39)21-60-27(6)52/h12-15,18,30-32,34-36,39,49H,9-11,16-17,19-21,44H2,1-8H3,(H2,45,55)(H3,46,47)(H,48,51)/t30-,31+,32-,34-,35-,36-,39-,42?,43?/m1/s1. The number of likely N-dealkylation sites (tertiary alicyclic amines) is 1. The lowest BCUT2D eigenvalue weighted by Crippen LogP contribution is -2.70. The number of ether oxygens (including phenoxy) is 4. The minimum Gasteiger partial charge on any atom is -0.463 e. The molecule has 2 fully saturated rings. The van der Waals surface area contributed by atoms with E-state index in [0.717, 1.165) is 52.5 Å². The largest absolute Gasteiger partial charge is 0.463 e. The molecule has 0 aromatic heterocycles. The van der Waals surface area contributed by atoms with E-state index in [1.807, 2.05) is 6.92 Å². The van der Waals surface area contributed by atoms with Crippen molar-refractivity contribution in [3.63, 3.8) is 0 Å². The van der Waals surface area contributed by atoms with Crippen LogP contribution in [-0.4, -0.2) is 123 Å². The number of carbonyl (C=O) groups is 7. The van der Waals surface area contributed by atoms with Crippen molar-refractivity contribution in [1.29, 1.82) is 5.41 Å². The summed E-state index contributed by atoms with van der Waals surface area (Å²) in [6.07, 6.45) is 0.178. The summed E-state index contributed by atoms with van der Waals surface area (Å²) in [7, 11) is -4.56. The molecule has 7 atom stereocenters. The second-order valence-electron chi connectivity index (χ2n) is 16.8. The molecule has 3 amide bonds. The van der Waals surface area contributed by atoms with Gasteiger partial charge in [-0.2, -0.15) is 0 Å². The van der Waals surface area contributed by atoms with Gasteiger partial charge in [-0.25, -0.2) is 13.1 Å². The zero-order valence-electron chi connectivity index (χ0n) is 37.5. The Morgan fingerprint density at radius 3 is 1.95 bits per heavy atom. The first-order valence-corrected chi connectivity index (χ1v) is 22.4. The predicted molar refractivity (Wildman–Crippen MR) is 230 cm³/mol. The maximum absolute atomic E-state index is 15.2. The average molecular weight is 916 g/mol. The molecule has 3 aliphatic rings. The topological polar surface area (TPSA) is 320 Å². The molecule has 0 unspecified atom stereocenters. The Kier molecular flexibility index (Phi) is 16.4. The normalized spacial score (nSPS) is 26.5. The molecular formula is C43H61N7O13S. The molecule has 1 aromatic carbocycles. The smallest absolute Gasteiger partial charge is 0.303 e. The number of hydrogen-bond donors (Lipinski definition) is 6. The summed E-state index contributed by atoms with van der Waals surface area (Å²) in [5, 5.41) is 11.6. The monoisotopic (exact) mass is 915 g/mol. The molecule has 0 bridgehead atoms. The van der Waals surface area contributed by atoms with E-state index in [-0.39, 0.29) is 4.90 Å². The maximum Gasteiger partial charge on any atom is 0.303 e. The van der Waals surface area contributed by atoms with Gasteiger partial charge >= 0.3 is 17.9 Å². The van der Waals surface area contributed by atoms with Crippen LogP contribution in [0.15, 0.2) is 35.3 Å². The van der Waals surface area contributed by atoms with Crippen LogP contribution in [0.3, 0.4) is 0 Å². The van der Waals surface area contributed by atoms with Crippen molar-refractivity contribution in [3.8, 4) is 0 Å². The summed E-state index contributed by atoms with van der Waals surface area (Å²) < 4.78 is 53.9. The number of benzene rings is 1. The average Bonchev–Trinajstić information content (AvgIpc) is 3.19. The molecular weight excluding hydrogens is 855 g/mol. The number of primary amides is 1. The lowest BCUT2D eigenvalue weighted by Gasteiger charge is -2.51. The summed E-state index contributed by atoms with van der Waals surface area (Å²) in [6.45, 7) is 11.5. The molecule has 1 aromatic rings. The van der Waals surface area contributed by atoms with Crippen LogP contribution in [-0.2, 0) is 62.5 Å². The fraction of sp³-hybridized carbons (Fsp3) is 0.581. The van der Waals surface area contributed by atoms with Crippen LogP contribution in [0.25, 0.3) is 0 Å². The zero-order chi connectivity index (χ0) is 48.1. The number of nitrogens with two attached hydrogens (primary N) is 3. The van der Waals surface area contributed by atoms with Crippen LogP contribution in [0, 0.1) is 43.9 Å². The first-order valence-electron chi connectivity index (χ1n) is 20.9. The predicted octanol–water partition coefficient (Wildman–Crippen LogP) is 0.475. The van der Waals surface area contributed by atoms with Gasteiger partial charge in [0.2, 0.25) is 27.7 Å².